The van der Waals surface area contributed by atoms with Crippen molar-refractivity contribution in [3.05, 3.63) is 93.3 Å². The van der Waals surface area contributed by atoms with Gasteiger partial charge in [0.15, 0.2) is 0 Å². The van der Waals surface area contributed by atoms with Crippen LogP contribution in [-0.4, -0.2) is 34.6 Å². The average molecular weight is 517 g/mol. The number of pyridine rings is 1. The quantitative estimate of drug-likeness (QED) is 0.406. The van der Waals surface area contributed by atoms with Crippen LogP contribution in [0.1, 0.15) is 72.5 Å². The number of benzene rings is 2. The second kappa shape index (κ2) is 10.1. The molecule has 6 rings (SSSR count). The van der Waals surface area contributed by atoms with Gasteiger partial charge in [0.25, 0.3) is 0 Å². The van der Waals surface area contributed by atoms with Crippen molar-refractivity contribution in [1.82, 2.24) is 9.88 Å². The summed E-state index contributed by atoms with van der Waals surface area (Å²) < 4.78 is 6.19. The summed E-state index contributed by atoms with van der Waals surface area (Å²) in [4.78, 5) is 7.33. The molecule has 1 unspecified atom stereocenters. The Balaban J connectivity index is 1.13. The largest absolute Gasteiger partial charge is 0.487 e. The second-order valence-corrected chi connectivity index (χ2v) is 12.2. The molecule has 0 spiro atoms. The number of halogens is 1. The molecule has 2 aliphatic heterocycles. The summed E-state index contributed by atoms with van der Waals surface area (Å²) in [5.41, 5.74) is 6.45. The van der Waals surface area contributed by atoms with Crippen molar-refractivity contribution >= 4 is 11.6 Å². The summed E-state index contributed by atoms with van der Waals surface area (Å²) in [6, 6.07) is 16.9. The van der Waals surface area contributed by atoms with Crippen molar-refractivity contribution in [1.29, 1.82) is 0 Å². The number of hydrogen-bond donors (Lipinski definition) is 1. The van der Waals surface area contributed by atoms with Crippen molar-refractivity contribution in [2.75, 3.05) is 19.6 Å². The number of rotatable bonds is 6. The van der Waals surface area contributed by atoms with Crippen LogP contribution in [0, 0.1) is 11.8 Å². The average Bonchev–Trinajstić information content (AvgIpc) is 3.48. The van der Waals surface area contributed by atoms with E-state index < -0.39 is 5.60 Å². The molecule has 5 heteroatoms. The van der Waals surface area contributed by atoms with E-state index in [1.165, 1.54) is 54.6 Å². The molecule has 3 aromatic rings. The second-order valence-electron chi connectivity index (χ2n) is 11.8. The van der Waals surface area contributed by atoms with Crippen LogP contribution in [0.5, 0.6) is 5.75 Å². The smallest absolute Gasteiger partial charge is 0.131 e. The first-order valence-electron chi connectivity index (χ1n) is 13.8. The summed E-state index contributed by atoms with van der Waals surface area (Å²) in [5.74, 6) is 2.66. The molecule has 4 nitrogen and oxygen atoms in total. The van der Waals surface area contributed by atoms with Crippen LogP contribution in [0.15, 0.2) is 54.7 Å². The number of fused-ring (bicyclic) bond motifs is 3. The van der Waals surface area contributed by atoms with Gasteiger partial charge < -0.3 is 14.7 Å². The van der Waals surface area contributed by atoms with Crippen molar-refractivity contribution in [2.45, 2.75) is 64.1 Å². The first kappa shape index (κ1) is 24.9. The SMILES string of the molecule is CC(C)(O)c1ccc2c(c1)[C@H](CCCN1CC[C@@H](C3Cc4ccc(Cl)cc4C3)C1)c1cccnc1CO2. The normalized spacial score (nSPS) is 23.2. The first-order chi connectivity index (χ1) is 17.8. The number of aliphatic hydroxyl groups is 1. The fourth-order valence-corrected chi connectivity index (χ4v) is 6.96. The van der Waals surface area contributed by atoms with Gasteiger partial charge in [-0.3, -0.25) is 4.98 Å². The minimum Gasteiger partial charge on any atom is -0.487 e. The Morgan fingerprint density at radius 3 is 2.78 bits per heavy atom. The molecule has 0 amide bonds. The van der Waals surface area contributed by atoms with E-state index in [-0.39, 0.29) is 5.92 Å². The molecular weight excluding hydrogens is 480 g/mol. The van der Waals surface area contributed by atoms with Crippen molar-refractivity contribution in [2.24, 2.45) is 11.8 Å². The lowest BCUT2D eigenvalue weighted by atomic mass is 9.84. The van der Waals surface area contributed by atoms with Crippen LogP contribution in [0.2, 0.25) is 5.02 Å². The monoisotopic (exact) mass is 516 g/mol. The topological polar surface area (TPSA) is 45.6 Å². The van der Waals surface area contributed by atoms with Gasteiger partial charge in [0.2, 0.25) is 0 Å². The first-order valence-corrected chi connectivity index (χ1v) is 14.2. The Morgan fingerprint density at radius 2 is 1.92 bits per heavy atom. The zero-order chi connectivity index (χ0) is 25.6. The Kier molecular flexibility index (Phi) is 6.77. The zero-order valence-electron chi connectivity index (χ0n) is 21.9. The van der Waals surface area contributed by atoms with Gasteiger partial charge in [-0.2, -0.15) is 0 Å². The van der Waals surface area contributed by atoms with Crippen LogP contribution in [0.4, 0.5) is 0 Å². The van der Waals surface area contributed by atoms with Crippen molar-refractivity contribution in [3.8, 4) is 5.75 Å². The number of nitrogens with zero attached hydrogens (tertiary/aromatic N) is 2. The van der Waals surface area contributed by atoms with Gasteiger partial charge in [-0.25, -0.2) is 0 Å². The van der Waals surface area contributed by atoms with E-state index in [1.54, 1.807) is 0 Å². The van der Waals surface area contributed by atoms with E-state index >= 15 is 0 Å². The predicted octanol–water partition coefficient (Wildman–Crippen LogP) is 6.50. The van der Waals surface area contributed by atoms with E-state index in [4.69, 9.17) is 16.3 Å². The summed E-state index contributed by atoms with van der Waals surface area (Å²) >= 11 is 6.25. The molecule has 37 heavy (non-hydrogen) atoms. The van der Waals surface area contributed by atoms with E-state index in [1.807, 2.05) is 44.3 Å². The molecule has 1 aromatic heterocycles. The third-order valence-electron chi connectivity index (χ3n) is 8.83. The third-order valence-corrected chi connectivity index (χ3v) is 9.07. The van der Waals surface area contributed by atoms with Gasteiger partial charge in [-0.15, -0.1) is 0 Å². The van der Waals surface area contributed by atoms with Gasteiger partial charge in [-0.05, 0) is 123 Å². The molecule has 1 saturated heterocycles. The fourth-order valence-electron chi connectivity index (χ4n) is 6.77. The van der Waals surface area contributed by atoms with E-state index in [9.17, 15) is 5.11 Å². The minimum absolute atomic E-state index is 0.218. The molecule has 0 radical (unpaired) electrons. The Labute approximate surface area is 225 Å². The molecule has 1 aliphatic carbocycles. The van der Waals surface area contributed by atoms with Gasteiger partial charge in [0.05, 0.1) is 11.3 Å². The molecule has 3 atom stereocenters. The summed E-state index contributed by atoms with van der Waals surface area (Å²) in [5, 5.41) is 11.5. The van der Waals surface area contributed by atoms with Crippen LogP contribution in [0.25, 0.3) is 0 Å². The molecule has 0 saturated carbocycles. The van der Waals surface area contributed by atoms with Crippen molar-refractivity contribution in [3.63, 3.8) is 0 Å². The van der Waals surface area contributed by atoms with Crippen LogP contribution in [0.3, 0.4) is 0 Å². The Morgan fingerprint density at radius 1 is 1.05 bits per heavy atom. The number of likely N-dealkylation sites (tertiary alicyclic amines) is 1. The molecule has 1 fully saturated rings. The van der Waals surface area contributed by atoms with Crippen LogP contribution in [-0.2, 0) is 25.0 Å². The standard InChI is InChI=1S/C32H37ClN2O2/c1-32(2,36)25-8-10-31-29(18-25)27(28-5-3-12-34-30(28)20-37-31)6-4-13-35-14-11-22(19-35)23-15-21-7-9-26(33)17-24(21)16-23/h3,5,7-10,12,17-18,22-23,27,36H,4,6,11,13-16,19-20H2,1-2H3/t22-,23?,27-/m1/s1. The highest BCUT2D eigenvalue weighted by Crippen LogP contribution is 2.42. The van der Waals surface area contributed by atoms with Gasteiger partial charge in [0.1, 0.15) is 12.4 Å². The maximum Gasteiger partial charge on any atom is 0.131 e. The van der Waals surface area contributed by atoms with E-state index in [0.29, 0.717) is 6.61 Å². The Bertz CT molecular complexity index is 1280. The molecule has 3 heterocycles. The van der Waals surface area contributed by atoms with Crippen LogP contribution < -0.4 is 4.74 Å². The summed E-state index contributed by atoms with van der Waals surface area (Å²) in [7, 11) is 0. The van der Waals surface area contributed by atoms with E-state index in [2.05, 4.69) is 34.1 Å². The highest BCUT2D eigenvalue weighted by molar-refractivity contribution is 6.30. The molecular formula is C32H37ClN2O2. The van der Waals surface area contributed by atoms with Gasteiger partial charge >= 0.3 is 0 Å². The number of hydrogen-bond acceptors (Lipinski definition) is 4. The highest BCUT2D eigenvalue weighted by Gasteiger charge is 2.34. The molecule has 2 aromatic carbocycles. The van der Waals surface area contributed by atoms with Gasteiger partial charge in [-0.1, -0.05) is 29.8 Å². The molecule has 3 aliphatic rings. The summed E-state index contributed by atoms with van der Waals surface area (Å²) in [6.07, 6.45) is 7.71. The maximum atomic E-state index is 10.7. The lowest BCUT2D eigenvalue weighted by Crippen LogP contribution is -2.25. The maximum absolute atomic E-state index is 10.7. The lowest BCUT2D eigenvalue weighted by Gasteiger charge is -2.24. The van der Waals surface area contributed by atoms with Gasteiger partial charge in [0, 0.05) is 29.2 Å². The van der Waals surface area contributed by atoms with Crippen LogP contribution >= 0.6 is 11.6 Å². The number of ether oxygens (including phenoxy) is 1. The minimum atomic E-state index is -0.889. The zero-order valence-corrected chi connectivity index (χ0v) is 22.7. The molecule has 194 valence electrons. The lowest BCUT2D eigenvalue weighted by molar-refractivity contribution is 0.0784. The number of aromatic nitrogens is 1. The summed E-state index contributed by atoms with van der Waals surface area (Å²) in [6.45, 7) is 7.71. The Hall–Kier alpha value is -2.40. The van der Waals surface area contributed by atoms with Crippen molar-refractivity contribution < 1.29 is 9.84 Å². The predicted molar refractivity (Wildman–Crippen MR) is 148 cm³/mol. The fraction of sp³-hybridized carbons (Fsp3) is 0.469. The third kappa shape index (κ3) is 5.16. The molecule has 0 bridgehead atoms. The van der Waals surface area contributed by atoms with E-state index in [0.717, 1.165) is 53.3 Å². The highest BCUT2D eigenvalue weighted by atomic mass is 35.5. The molecule has 1 N–H and O–H groups in total.